The summed E-state index contributed by atoms with van der Waals surface area (Å²) in [5.74, 6) is -0.793. The van der Waals surface area contributed by atoms with E-state index < -0.39 is 11.8 Å². The number of anilines is 1. The first-order chi connectivity index (χ1) is 12.6. The maximum absolute atomic E-state index is 12.1. The average Bonchev–Trinajstić information content (AvgIpc) is 2.90. The van der Waals surface area contributed by atoms with Gasteiger partial charge in [-0.25, -0.2) is 0 Å². The molecule has 3 rings (SSSR count). The van der Waals surface area contributed by atoms with Crippen LogP contribution in [0.25, 0.3) is 0 Å². The molecule has 2 amide bonds. The van der Waals surface area contributed by atoms with E-state index in [1.165, 1.54) is 11.6 Å². The van der Waals surface area contributed by atoms with Crippen molar-refractivity contribution >= 4 is 17.5 Å². The molecule has 1 aromatic rings. The number of benzene rings is 1. The lowest BCUT2D eigenvalue weighted by Crippen LogP contribution is -2.45. The highest BCUT2D eigenvalue weighted by atomic mass is 16.3. The number of hydrogen-bond acceptors (Lipinski definition) is 6. The zero-order valence-corrected chi connectivity index (χ0v) is 15.1. The zero-order chi connectivity index (χ0) is 18.5. The van der Waals surface area contributed by atoms with Crippen molar-refractivity contribution in [1.82, 2.24) is 14.7 Å². The number of piperazine rings is 1. The summed E-state index contributed by atoms with van der Waals surface area (Å²) in [6.45, 7) is 5.31. The first-order valence-electron chi connectivity index (χ1n) is 9.02. The number of carbonyl (C=O) groups excluding carboxylic acids is 2. The molecule has 1 saturated heterocycles. The molecule has 7 nitrogen and oxygen atoms in total. The second kappa shape index (κ2) is 8.44. The van der Waals surface area contributed by atoms with Crippen molar-refractivity contribution in [3.05, 3.63) is 41.6 Å². The molecule has 2 aliphatic rings. The highest BCUT2D eigenvalue weighted by molar-refractivity contribution is 6.17. The van der Waals surface area contributed by atoms with Gasteiger partial charge in [0.2, 0.25) is 0 Å². The summed E-state index contributed by atoms with van der Waals surface area (Å²) in [5.41, 5.74) is 2.26. The Balaban J connectivity index is 1.51. The molecular formula is C19H26N4O3. The van der Waals surface area contributed by atoms with E-state index in [1.807, 2.05) is 24.3 Å². The Morgan fingerprint density at radius 2 is 1.73 bits per heavy atom. The third-order valence-corrected chi connectivity index (χ3v) is 4.88. The number of imide groups is 1. The smallest absolute Gasteiger partial charge is 0.277 e. The summed E-state index contributed by atoms with van der Waals surface area (Å²) in [7, 11) is 2.16. The fourth-order valence-electron chi connectivity index (χ4n) is 3.18. The van der Waals surface area contributed by atoms with Crippen LogP contribution in [0.2, 0.25) is 0 Å². The van der Waals surface area contributed by atoms with Crippen LogP contribution < -0.4 is 5.32 Å². The van der Waals surface area contributed by atoms with Crippen molar-refractivity contribution in [1.29, 1.82) is 0 Å². The number of aliphatic hydroxyl groups is 1. The quantitative estimate of drug-likeness (QED) is 0.675. The van der Waals surface area contributed by atoms with E-state index >= 15 is 0 Å². The number of nitrogens with zero attached hydrogens (tertiary/aromatic N) is 3. The van der Waals surface area contributed by atoms with Crippen LogP contribution in [0.5, 0.6) is 0 Å². The molecule has 0 radical (unpaired) electrons. The molecule has 0 unspecified atom stereocenters. The number of aliphatic hydroxyl groups excluding tert-OH is 1. The van der Waals surface area contributed by atoms with Crippen LogP contribution in [0.1, 0.15) is 5.56 Å². The predicted octanol–water partition coefficient (Wildman–Crippen LogP) is 0.133. The summed E-state index contributed by atoms with van der Waals surface area (Å²) in [6, 6.07) is 7.94. The molecule has 0 aromatic heterocycles. The second-order valence-corrected chi connectivity index (χ2v) is 6.79. The lowest BCUT2D eigenvalue weighted by Gasteiger charge is -2.32. The highest BCUT2D eigenvalue weighted by Gasteiger charge is 2.30. The van der Waals surface area contributed by atoms with Crippen LogP contribution in [0, 0.1) is 0 Å². The largest absolute Gasteiger partial charge is 0.395 e. The molecule has 0 spiro atoms. The van der Waals surface area contributed by atoms with Gasteiger partial charge < -0.3 is 20.2 Å². The molecule has 140 valence electrons. The van der Waals surface area contributed by atoms with Crippen molar-refractivity contribution in [2.75, 3.05) is 58.2 Å². The standard InChI is InChI=1S/C19H26N4O3/c1-21-8-10-22(11-9-21)7-6-15-2-4-16(5-3-15)20-17-14-18(25)23(12-13-24)19(17)26/h2-5,14,20,24H,6-13H2,1H3. The van der Waals surface area contributed by atoms with Crippen LogP contribution in [-0.4, -0.2) is 84.5 Å². The fraction of sp³-hybridized carbons (Fsp3) is 0.474. The molecule has 26 heavy (non-hydrogen) atoms. The minimum Gasteiger partial charge on any atom is -0.395 e. The average molecular weight is 358 g/mol. The van der Waals surface area contributed by atoms with E-state index in [-0.39, 0.29) is 18.8 Å². The Kier molecular flexibility index (Phi) is 6.03. The normalized spacial score (nSPS) is 19.2. The van der Waals surface area contributed by atoms with Gasteiger partial charge in [-0.05, 0) is 31.2 Å². The maximum Gasteiger partial charge on any atom is 0.277 e. The van der Waals surface area contributed by atoms with E-state index in [2.05, 4.69) is 22.2 Å². The van der Waals surface area contributed by atoms with Gasteiger partial charge in [-0.15, -0.1) is 0 Å². The summed E-state index contributed by atoms with van der Waals surface area (Å²) in [6.07, 6.45) is 2.27. The highest BCUT2D eigenvalue weighted by Crippen LogP contribution is 2.18. The first kappa shape index (κ1) is 18.6. The number of nitrogens with one attached hydrogen (secondary N) is 1. The van der Waals surface area contributed by atoms with Crippen molar-refractivity contribution < 1.29 is 14.7 Å². The number of carbonyl (C=O) groups is 2. The number of likely N-dealkylation sites (N-methyl/N-ethyl adjacent to an activating group) is 1. The molecule has 7 heteroatoms. The number of hydrogen-bond donors (Lipinski definition) is 2. The summed E-state index contributed by atoms with van der Waals surface area (Å²) in [5, 5.41) is 11.9. The van der Waals surface area contributed by atoms with Gasteiger partial charge in [-0.3, -0.25) is 14.5 Å². The third-order valence-electron chi connectivity index (χ3n) is 4.88. The van der Waals surface area contributed by atoms with Gasteiger partial charge in [0, 0.05) is 44.5 Å². The van der Waals surface area contributed by atoms with Crippen molar-refractivity contribution in [3.8, 4) is 0 Å². The van der Waals surface area contributed by atoms with Gasteiger partial charge in [0.25, 0.3) is 11.8 Å². The lowest BCUT2D eigenvalue weighted by molar-refractivity contribution is -0.137. The minimum atomic E-state index is -0.400. The van der Waals surface area contributed by atoms with E-state index in [0.29, 0.717) is 0 Å². The Hall–Kier alpha value is -2.22. The molecule has 0 saturated carbocycles. The van der Waals surface area contributed by atoms with Crippen LogP contribution in [0.4, 0.5) is 5.69 Å². The van der Waals surface area contributed by atoms with Gasteiger partial charge in [0.05, 0.1) is 13.2 Å². The van der Waals surface area contributed by atoms with Gasteiger partial charge in [-0.1, -0.05) is 12.1 Å². The maximum atomic E-state index is 12.1. The van der Waals surface area contributed by atoms with Crippen molar-refractivity contribution in [2.24, 2.45) is 0 Å². The second-order valence-electron chi connectivity index (χ2n) is 6.79. The van der Waals surface area contributed by atoms with Gasteiger partial charge >= 0.3 is 0 Å². The van der Waals surface area contributed by atoms with Crippen molar-refractivity contribution in [3.63, 3.8) is 0 Å². The molecule has 1 aromatic carbocycles. The Bertz CT molecular complexity index is 679. The molecule has 1 fully saturated rings. The lowest BCUT2D eigenvalue weighted by atomic mass is 10.1. The zero-order valence-electron chi connectivity index (χ0n) is 15.1. The van der Waals surface area contributed by atoms with E-state index in [4.69, 9.17) is 5.11 Å². The summed E-state index contributed by atoms with van der Waals surface area (Å²) >= 11 is 0. The van der Waals surface area contributed by atoms with E-state index in [9.17, 15) is 9.59 Å². The van der Waals surface area contributed by atoms with E-state index in [1.54, 1.807) is 0 Å². The van der Waals surface area contributed by atoms with Gasteiger partial charge in [-0.2, -0.15) is 0 Å². The number of β-amino-alcohol motifs (C(OH)–C–C–N with tert-alkyl or cyclic N) is 1. The van der Waals surface area contributed by atoms with Crippen LogP contribution in [0.3, 0.4) is 0 Å². The Morgan fingerprint density at radius 1 is 1.04 bits per heavy atom. The molecular weight excluding hydrogens is 332 g/mol. The monoisotopic (exact) mass is 358 g/mol. The Morgan fingerprint density at radius 3 is 2.38 bits per heavy atom. The van der Waals surface area contributed by atoms with E-state index in [0.717, 1.165) is 49.7 Å². The SMILES string of the molecule is CN1CCN(CCc2ccc(NC3=CC(=O)N(CCO)C3=O)cc2)CC1. The molecule has 2 heterocycles. The fourth-order valence-corrected chi connectivity index (χ4v) is 3.18. The predicted molar refractivity (Wildman–Crippen MR) is 99.6 cm³/mol. The number of rotatable bonds is 7. The topological polar surface area (TPSA) is 76.1 Å². The van der Waals surface area contributed by atoms with Crippen molar-refractivity contribution in [2.45, 2.75) is 6.42 Å². The molecule has 0 bridgehead atoms. The van der Waals surface area contributed by atoms with Gasteiger partial charge in [0.1, 0.15) is 5.70 Å². The molecule has 2 aliphatic heterocycles. The minimum absolute atomic E-state index is 0.0184. The van der Waals surface area contributed by atoms with Gasteiger partial charge in [0.15, 0.2) is 0 Å². The Labute approximate surface area is 153 Å². The molecule has 0 atom stereocenters. The molecule has 0 aliphatic carbocycles. The number of amides is 2. The van der Waals surface area contributed by atoms with Crippen LogP contribution in [0.15, 0.2) is 36.0 Å². The summed E-state index contributed by atoms with van der Waals surface area (Å²) in [4.78, 5) is 29.8. The molecule has 2 N–H and O–H groups in total. The summed E-state index contributed by atoms with van der Waals surface area (Å²) < 4.78 is 0. The van der Waals surface area contributed by atoms with Crippen LogP contribution >= 0.6 is 0 Å². The third kappa shape index (κ3) is 4.49. The van der Waals surface area contributed by atoms with Crippen LogP contribution in [-0.2, 0) is 16.0 Å². The first-order valence-corrected chi connectivity index (χ1v) is 9.02.